The van der Waals surface area contributed by atoms with Crippen molar-refractivity contribution in [3.63, 3.8) is 0 Å². The molecule has 0 amide bonds. The van der Waals surface area contributed by atoms with Crippen molar-refractivity contribution in [2.75, 3.05) is 18.6 Å². The summed E-state index contributed by atoms with van der Waals surface area (Å²) in [6.45, 7) is 2.82. The van der Waals surface area contributed by atoms with Gasteiger partial charge in [-0.1, -0.05) is 0 Å². The number of aromatic nitrogens is 1. The van der Waals surface area contributed by atoms with E-state index in [1.807, 2.05) is 25.0 Å². The molecule has 1 saturated heterocycles. The highest BCUT2D eigenvalue weighted by atomic mass is 127. The predicted molar refractivity (Wildman–Crippen MR) is 95.9 cm³/mol. The fourth-order valence-electron chi connectivity index (χ4n) is 1.89. The molecule has 1 aliphatic rings. The number of hydrogen-bond acceptors (Lipinski definition) is 4. The van der Waals surface area contributed by atoms with Crippen molar-refractivity contribution in [2.24, 2.45) is 4.99 Å². The van der Waals surface area contributed by atoms with Crippen molar-refractivity contribution in [3.8, 4) is 0 Å². The van der Waals surface area contributed by atoms with Gasteiger partial charge in [0.2, 0.25) is 0 Å². The molecule has 2 heterocycles. The topological polar surface area (TPSA) is 49.3 Å². The first kappa shape index (κ1) is 17.0. The van der Waals surface area contributed by atoms with E-state index < -0.39 is 0 Å². The number of thiazole rings is 1. The van der Waals surface area contributed by atoms with Crippen molar-refractivity contribution >= 4 is 53.0 Å². The van der Waals surface area contributed by atoms with Crippen LogP contribution in [0.15, 0.2) is 11.2 Å². The molecule has 0 aromatic carbocycles. The second kappa shape index (κ2) is 9.02. The number of thioether (sulfide) groups is 1. The Balaban J connectivity index is 0.00000180. The predicted octanol–water partition coefficient (Wildman–Crippen LogP) is 2.63. The molecule has 1 fully saturated rings. The number of nitrogens with one attached hydrogen (secondary N) is 2. The van der Waals surface area contributed by atoms with Crippen LogP contribution in [0.25, 0.3) is 0 Å². The third kappa shape index (κ3) is 5.86. The highest BCUT2D eigenvalue weighted by Crippen LogP contribution is 2.16. The lowest BCUT2D eigenvalue weighted by Gasteiger charge is -2.24. The van der Waals surface area contributed by atoms with E-state index in [0.717, 1.165) is 17.5 Å². The normalized spacial score (nSPS) is 19.7. The maximum Gasteiger partial charge on any atom is 0.191 e. The van der Waals surface area contributed by atoms with Gasteiger partial charge in [0.25, 0.3) is 0 Å². The van der Waals surface area contributed by atoms with Crippen LogP contribution in [0.1, 0.15) is 22.7 Å². The van der Waals surface area contributed by atoms with Gasteiger partial charge in [-0.3, -0.25) is 4.99 Å². The summed E-state index contributed by atoms with van der Waals surface area (Å²) in [5.74, 6) is 3.36. The van der Waals surface area contributed by atoms with Gasteiger partial charge in [-0.05, 0) is 25.5 Å². The van der Waals surface area contributed by atoms with Gasteiger partial charge >= 0.3 is 0 Å². The molecular weight excluding hydrogens is 391 g/mol. The average molecular weight is 412 g/mol. The Kier molecular flexibility index (Phi) is 8.08. The van der Waals surface area contributed by atoms with Gasteiger partial charge in [-0.15, -0.1) is 35.3 Å². The van der Waals surface area contributed by atoms with E-state index in [2.05, 4.69) is 27.5 Å². The zero-order valence-electron chi connectivity index (χ0n) is 11.3. The van der Waals surface area contributed by atoms with Gasteiger partial charge in [0.05, 0.1) is 6.54 Å². The molecule has 1 atom stereocenters. The molecule has 2 N–H and O–H groups in total. The summed E-state index contributed by atoms with van der Waals surface area (Å²) < 4.78 is 0. The maximum atomic E-state index is 4.34. The maximum absolute atomic E-state index is 4.34. The lowest BCUT2D eigenvalue weighted by molar-refractivity contribution is 0.582. The number of hydrogen-bond donors (Lipinski definition) is 2. The minimum Gasteiger partial charge on any atom is -0.353 e. The molecule has 0 aliphatic carbocycles. The molecule has 1 unspecified atom stereocenters. The molecule has 4 nitrogen and oxygen atoms in total. The first-order valence-corrected chi connectivity index (χ1v) is 8.21. The van der Waals surface area contributed by atoms with Crippen LogP contribution in [-0.4, -0.2) is 35.5 Å². The van der Waals surface area contributed by atoms with Gasteiger partial charge < -0.3 is 10.6 Å². The molecular formula is C12H21IN4S2. The van der Waals surface area contributed by atoms with E-state index in [1.165, 1.54) is 29.2 Å². The fraction of sp³-hybridized carbons (Fsp3) is 0.667. The molecule has 0 radical (unpaired) electrons. The second-order valence-corrected chi connectivity index (χ2v) is 6.82. The molecule has 7 heteroatoms. The van der Waals surface area contributed by atoms with E-state index in [4.69, 9.17) is 0 Å². The molecule has 108 valence electrons. The number of rotatable bonds is 3. The molecule has 1 aromatic rings. The fourth-order valence-corrected chi connectivity index (χ4v) is 3.68. The Labute approximate surface area is 140 Å². The van der Waals surface area contributed by atoms with E-state index in [1.54, 1.807) is 11.3 Å². The van der Waals surface area contributed by atoms with Crippen molar-refractivity contribution in [1.29, 1.82) is 0 Å². The van der Waals surface area contributed by atoms with E-state index in [-0.39, 0.29) is 24.0 Å². The molecule has 0 bridgehead atoms. The first-order valence-electron chi connectivity index (χ1n) is 6.24. The van der Waals surface area contributed by atoms with Crippen LogP contribution in [0.2, 0.25) is 0 Å². The van der Waals surface area contributed by atoms with Crippen LogP contribution >= 0.6 is 47.1 Å². The summed E-state index contributed by atoms with van der Waals surface area (Å²) in [7, 11) is 1.82. The lowest BCUT2D eigenvalue weighted by atomic mass is 10.2. The van der Waals surface area contributed by atoms with Crippen LogP contribution in [-0.2, 0) is 6.54 Å². The Morgan fingerprint density at radius 3 is 3.00 bits per heavy atom. The number of guanidine groups is 1. The molecule has 1 aliphatic heterocycles. The SMILES string of the molecule is CN=C(NCc1ncc(C)s1)NC1CCCSC1.I. The number of aliphatic imine (C=N–C) groups is 1. The summed E-state index contributed by atoms with van der Waals surface area (Å²) in [5, 5.41) is 7.91. The highest BCUT2D eigenvalue weighted by molar-refractivity contribution is 14.0. The minimum absolute atomic E-state index is 0. The molecule has 0 spiro atoms. The smallest absolute Gasteiger partial charge is 0.191 e. The summed E-state index contributed by atoms with van der Waals surface area (Å²) in [4.78, 5) is 9.85. The standard InChI is InChI=1S/C12H20N4S2.HI/c1-9-6-14-11(18-9)7-15-12(13-2)16-10-4-3-5-17-8-10;/h6,10H,3-5,7-8H2,1-2H3,(H2,13,15,16);1H. The van der Waals surface area contributed by atoms with Gasteiger partial charge in [-0.2, -0.15) is 11.8 Å². The van der Waals surface area contributed by atoms with Crippen molar-refractivity contribution in [3.05, 3.63) is 16.1 Å². The molecule has 1 aromatic heterocycles. The van der Waals surface area contributed by atoms with Crippen molar-refractivity contribution in [2.45, 2.75) is 32.4 Å². The summed E-state index contributed by atoms with van der Waals surface area (Å²) in [6, 6.07) is 0.549. The highest BCUT2D eigenvalue weighted by Gasteiger charge is 2.14. The van der Waals surface area contributed by atoms with Crippen molar-refractivity contribution < 1.29 is 0 Å². The van der Waals surface area contributed by atoms with Gasteiger partial charge in [-0.25, -0.2) is 4.98 Å². The summed E-state index contributed by atoms with van der Waals surface area (Å²) >= 11 is 3.74. The van der Waals surface area contributed by atoms with Gasteiger partial charge in [0.15, 0.2) is 5.96 Å². The number of aryl methyl sites for hydroxylation is 1. The summed E-state index contributed by atoms with van der Waals surface area (Å²) in [6.07, 6.45) is 4.45. The summed E-state index contributed by atoms with van der Waals surface area (Å²) in [5.41, 5.74) is 0. The van der Waals surface area contributed by atoms with Crippen LogP contribution in [0.3, 0.4) is 0 Å². The monoisotopic (exact) mass is 412 g/mol. The van der Waals surface area contributed by atoms with E-state index >= 15 is 0 Å². The Morgan fingerprint density at radius 2 is 2.42 bits per heavy atom. The largest absolute Gasteiger partial charge is 0.353 e. The van der Waals surface area contributed by atoms with E-state index in [0.29, 0.717) is 6.04 Å². The van der Waals surface area contributed by atoms with Crippen LogP contribution in [0.4, 0.5) is 0 Å². The average Bonchev–Trinajstić information content (AvgIpc) is 2.81. The van der Waals surface area contributed by atoms with Gasteiger partial charge in [0.1, 0.15) is 5.01 Å². The molecule has 19 heavy (non-hydrogen) atoms. The quantitative estimate of drug-likeness (QED) is 0.455. The zero-order chi connectivity index (χ0) is 12.8. The minimum atomic E-state index is 0. The second-order valence-electron chi connectivity index (χ2n) is 4.35. The Morgan fingerprint density at radius 1 is 1.58 bits per heavy atom. The zero-order valence-corrected chi connectivity index (χ0v) is 15.3. The van der Waals surface area contributed by atoms with Crippen molar-refractivity contribution in [1.82, 2.24) is 15.6 Å². The number of nitrogens with zero attached hydrogens (tertiary/aromatic N) is 2. The lowest BCUT2D eigenvalue weighted by Crippen LogP contribution is -2.45. The third-order valence-corrected chi connectivity index (χ3v) is 4.93. The molecule has 2 rings (SSSR count). The first-order chi connectivity index (χ1) is 8.78. The number of halogens is 1. The van der Waals surface area contributed by atoms with Crippen LogP contribution in [0, 0.1) is 6.92 Å². The third-order valence-electron chi connectivity index (χ3n) is 2.80. The Bertz CT molecular complexity index is 402. The van der Waals surface area contributed by atoms with Crippen LogP contribution in [0.5, 0.6) is 0 Å². The molecule has 0 saturated carbocycles. The van der Waals surface area contributed by atoms with E-state index in [9.17, 15) is 0 Å². The Hall–Kier alpha value is -0.0200. The van der Waals surface area contributed by atoms with Gasteiger partial charge in [0, 0.05) is 29.9 Å². The van der Waals surface area contributed by atoms with Crippen LogP contribution < -0.4 is 10.6 Å².